The number of hydrogen-bond donors (Lipinski definition) is 0. The zero-order chi connectivity index (χ0) is 20.8. The minimum Gasteiger partial charge on any atom is -0.456 e. The number of rotatable bonds is 6. The van der Waals surface area contributed by atoms with E-state index in [-0.39, 0.29) is 30.7 Å². The van der Waals surface area contributed by atoms with Gasteiger partial charge in [0.05, 0.1) is 0 Å². The molecular weight excluding hydrogens is 371 g/mol. The predicted octanol–water partition coefficient (Wildman–Crippen LogP) is 3.27. The number of halogens is 1. The summed E-state index contributed by atoms with van der Waals surface area (Å²) in [4.78, 5) is 28.2. The Morgan fingerprint density at radius 1 is 1.00 bits per heavy atom. The number of piperazine rings is 1. The van der Waals surface area contributed by atoms with Crippen molar-refractivity contribution in [3.63, 3.8) is 0 Å². The van der Waals surface area contributed by atoms with Gasteiger partial charge in [0.25, 0.3) is 5.91 Å². The summed E-state index contributed by atoms with van der Waals surface area (Å²) in [6, 6.07) is 12.5. The van der Waals surface area contributed by atoms with E-state index in [1.54, 1.807) is 17.0 Å². The molecule has 5 nitrogen and oxygen atoms in total. The minimum atomic E-state index is -0.358. The summed E-state index contributed by atoms with van der Waals surface area (Å²) in [6.07, 6.45) is 0.866. The average Bonchev–Trinajstić information content (AvgIpc) is 2.72. The van der Waals surface area contributed by atoms with E-state index in [2.05, 4.69) is 11.0 Å². The summed E-state index contributed by atoms with van der Waals surface area (Å²) < 4.78 is 18.2. The van der Waals surface area contributed by atoms with Crippen LogP contribution in [0.3, 0.4) is 0 Å². The van der Waals surface area contributed by atoms with E-state index >= 15 is 0 Å². The molecule has 6 heteroatoms. The Morgan fingerprint density at radius 3 is 2.34 bits per heavy atom. The standard InChI is InChI=1S/C23H27FN2O3/c1-17-3-4-19(18(2)15-17)5-10-23(28)29-16-22(27)26-13-11-25(12-14-26)21-8-6-20(24)7-9-21/h3-4,6-9,15H,5,10-14,16H2,1-2H3. The molecule has 0 spiro atoms. The molecule has 1 amide bonds. The van der Waals surface area contributed by atoms with Crippen molar-refractivity contribution < 1.29 is 18.7 Å². The van der Waals surface area contributed by atoms with Gasteiger partial charge < -0.3 is 14.5 Å². The van der Waals surface area contributed by atoms with Crippen molar-refractivity contribution in [2.24, 2.45) is 0 Å². The van der Waals surface area contributed by atoms with Gasteiger partial charge in [0.1, 0.15) is 5.82 Å². The van der Waals surface area contributed by atoms with Crippen LogP contribution < -0.4 is 4.90 Å². The molecule has 0 radical (unpaired) electrons. The highest BCUT2D eigenvalue weighted by atomic mass is 19.1. The van der Waals surface area contributed by atoms with E-state index in [1.807, 2.05) is 26.0 Å². The number of carbonyl (C=O) groups excluding carboxylic acids is 2. The molecule has 29 heavy (non-hydrogen) atoms. The molecule has 1 aliphatic heterocycles. The normalized spacial score (nSPS) is 14.0. The van der Waals surface area contributed by atoms with Crippen LogP contribution in [-0.4, -0.2) is 49.6 Å². The second-order valence-electron chi connectivity index (χ2n) is 7.43. The SMILES string of the molecule is Cc1ccc(CCC(=O)OCC(=O)N2CCN(c3ccc(F)cc3)CC2)c(C)c1. The first-order valence-electron chi connectivity index (χ1n) is 9.92. The van der Waals surface area contributed by atoms with Gasteiger partial charge in [-0.2, -0.15) is 0 Å². The van der Waals surface area contributed by atoms with E-state index in [0.717, 1.165) is 16.8 Å². The maximum Gasteiger partial charge on any atom is 0.306 e. The number of carbonyl (C=O) groups is 2. The molecule has 2 aromatic carbocycles. The van der Waals surface area contributed by atoms with Crippen molar-refractivity contribution in [3.8, 4) is 0 Å². The number of hydrogen-bond acceptors (Lipinski definition) is 4. The molecule has 0 saturated carbocycles. The van der Waals surface area contributed by atoms with Crippen molar-refractivity contribution in [1.82, 2.24) is 4.90 Å². The monoisotopic (exact) mass is 398 g/mol. The molecule has 1 saturated heterocycles. The Hall–Kier alpha value is -2.89. The van der Waals surface area contributed by atoms with Crippen LogP contribution in [0.1, 0.15) is 23.1 Å². The van der Waals surface area contributed by atoms with Gasteiger partial charge in [0.2, 0.25) is 0 Å². The highest BCUT2D eigenvalue weighted by Gasteiger charge is 2.22. The quantitative estimate of drug-likeness (QED) is 0.701. The molecule has 0 atom stereocenters. The van der Waals surface area contributed by atoms with Gasteiger partial charge in [0.15, 0.2) is 6.61 Å². The number of ether oxygens (including phenoxy) is 1. The van der Waals surface area contributed by atoms with E-state index in [0.29, 0.717) is 32.6 Å². The first kappa shape index (κ1) is 20.8. The molecule has 154 valence electrons. The smallest absolute Gasteiger partial charge is 0.306 e. The summed E-state index contributed by atoms with van der Waals surface area (Å²) in [5.74, 6) is -0.797. The first-order valence-corrected chi connectivity index (χ1v) is 9.92. The van der Waals surface area contributed by atoms with Crippen molar-refractivity contribution in [1.29, 1.82) is 0 Å². The van der Waals surface area contributed by atoms with Crippen molar-refractivity contribution >= 4 is 17.6 Å². The Labute approximate surface area is 171 Å². The van der Waals surface area contributed by atoms with Crippen LogP contribution in [0.15, 0.2) is 42.5 Å². The van der Waals surface area contributed by atoms with Crippen molar-refractivity contribution in [2.75, 3.05) is 37.7 Å². The molecule has 0 bridgehead atoms. The molecule has 0 unspecified atom stereocenters. The molecule has 2 aromatic rings. The number of amides is 1. The van der Waals surface area contributed by atoms with Gasteiger partial charge in [-0.3, -0.25) is 9.59 Å². The van der Waals surface area contributed by atoms with Crippen LogP contribution >= 0.6 is 0 Å². The lowest BCUT2D eigenvalue weighted by atomic mass is 10.0. The van der Waals surface area contributed by atoms with E-state index in [9.17, 15) is 14.0 Å². The van der Waals surface area contributed by atoms with E-state index in [4.69, 9.17) is 4.74 Å². The maximum absolute atomic E-state index is 13.0. The lowest BCUT2D eigenvalue weighted by Gasteiger charge is -2.36. The van der Waals surface area contributed by atoms with Crippen LogP contribution in [0.2, 0.25) is 0 Å². The third-order valence-corrected chi connectivity index (χ3v) is 5.28. The third-order valence-electron chi connectivity index (χ3n) is 5.28. The van der Waals surface area contributed by atoms with Gasteiger partial charge >= 0.3 is 5.97 Å². The number of anilines is 1. The molecule has 1 aliphatic rings. The lowest BCUT2D eigenvalue weighted by molar-refractivity contribution is -0.152. The van der Waals surface area contributed by atoms with Crippen LogP contribution in [0, 0.1) is 19.7 Å². The zero-order valence-corrected chi connectivity index (χ0v) is 17.0. The number of aryl methyl sites for hydroxylation is 3. The van der Waals surface area contributed by atoms with Crippen LogP contribution in [0.4, 0.5) is 10.1 Å². The Kier molecular flexibility index (Phi) is 6.86. The molecule has 0 aromatic heterocycles. The topological polar surface area (TPSA) is 49.9 Å². The van der Waals surface area contributed by atoms with Gasteiger partial charge in [0, 0.05) is 38.3 Å². The Bertz CT molecular complexity index is 859. The Morgan fingerprint density at radius 2 is 1.69 bits per heavy atom. The highest BCUT2D eigenvalue weighted by molar-refractivity contribution is 5.81. The van der Waals surface area contributed by atoms with Gasteiger partial charge in [-0.1, -0.05) is 23.8 Å². The second-order valence-corrected chi connectivity index (χ2v) is 7.43. The summed E-state index contributed by atoms with van der Waals surface area (Å²) in [5.41, 5.74) is 4.42. The fourth-order valence-corrected chi connectivity index (χ4v) is 3.53. The Balaban J connectivity index is 1.39. The largest absolute Gasteiger partial charge is 0.456 e. The van der Waals surface area contributed by atoms with Gasteiger partial charge in [-0.05, 0) is 55.7 Å². The predicted molar refractivity (Wildman–Crippen MR) is 110 cm³/mol. The van der Waals surface area contributed by atoms with Gasteiger partial charge in [-0.25, -0.2) is 4.39 Å². The molecule has 3 rings (SSSR count). The van der Waals surface area contributed by atoms with Crippen molar-refractivity contribution in [2.45, 2.75) is 26.7 Å². The zero-order valence-electron chi connectivity index (χ0n) is 17.0. The van der Waals surface area contributed by atoms with Gasteiger partial charge in [-0.15, -0.1) is 0 Å². The van der Waals surface area contributed by atoms with E-state index in [1.165, 1.54) is 17.7 Å². The summed E-state index contributed by atoms with van der Waals surface area (Å²) >= 11 is 0. The van der Waals surface area contributed by atoms with Crippen molar-refractivity contribution in [3.05, 3.63) is 65.0 Å². The minimum absolute atomic E-state index is 0.177. The molecule has 1 fully saturated rings. The fraction of sp³-hybridized carbons (Fsp3) is 0.391. The average molecular weight is 398 g/mol. The molecule has 0 N–H and O–H groups in total. The second kappa shape index (κ2) is 9.54. The van der Waals surface area contributed by atoms with Crippen LogP contribution in [-0.2, 0) is 20.7 Å². The number of esters is 1. The number of benzene rings is 2. The first-order chi connectivity index (χ1) is 13.9. The third kappa shape index (κ3) is 5.79. The van der Waals surface area contributed by atoms with Crippen LogP contribution in [0.25, 0.3) is 0 Å². The molecular formula is C23H27FN2O3. The highest BCUT2D eigenvalue weighted by Crippen LogP contribution is 2.17. The maximum atomic E-state index is 13.0. The van der Waals surface area contributed by atoms with Crippen LogP contribution in [0.5, 0.6) is 0 Å². The molecule has 1 heterocycles. The van der Waals surface area contributed by atoms with E-state index < -0.39 is 0 Å². The summed E-state index contributed by atoms with van der Waals surface area (Å²) in [7, 11) is 0. The summed E-state index contributed by atoms with van der Waals surface area (Å²) in [5, 5.41) is 0. The molecule has 0 aliphatic carbocycles. The fourth-order valence-electron chi connectivity index (χ4n) is 3.53. The number of nitrogens with zero attached hydrogens (tertiary/aromatic N) is 2. The lowest BCUT2D eigenvalue weighted by Crippen LogP contribution is -2.49. The summed E-state index contributed by atoms with van der Waals surface area (Å²) in [6.45, 7) is 6.28.